The second-order valence-corrected chi connectivity index (χ2v) is 6.46. The largest absolute Gasteiger partial charge is 0.390 e. The molecule has 4 rings (SSSR count). The molecule has 1 aliphatic rings. The molecular formula is C20H20N4O2. The molecule has 3 aromatic rings. The molecule has 2 amide bonds. The highest BCUT2D eigenvalue weighted by Crippen LogP contribution is 2.31. The smallest absolute Gasteiger partial charge is 0.319 e. The van der Waals surface area contributed by atoms with Crippen molar-refractivity contribution >= 4 is 11.7 Å². The molecule has 0 saturated carbocycles. The third-order valence-corrected chi connectivity index (χ3v) is 4.57. The molecular weight excluding hydrogens is 328 g/mol. The van der Waals surface area contributed by atoms with Gasteiger partial charge in [0.1, 0.15) is 0 Å². The molecule has 6 heteroatoms. The number of urea groups is 1. The van der Waals surface area contributed by atoms with Gasteiger partial charge in [-0.25, -0.2) is 4.79 Å². The van der Waals surface area contributed by atoms with Gasteiger partial charge in [-0.15, -0.1) is 0 Å². The van der Waals surface area contributed by atoms with Crippen LogP contribution in [0.3, 0.4) is 0 Å². The molecule has 6 nitrogen and oxygen atoms in total. The first kappa shape index (κ1) is 16.4. The highest BCUT2D eigenvalue weighted by Gasteiger charge is 2.31. The van der Waals surface area contributed by atoms with Gasteiger partial charge in [0.05, 0.1) is 30.6 Å². The predicted octanol–water partition coefficient (Wildman–Crippen LogP) is 2.71. The lowest BCUT2D eigenvalue weighted by Crippen LogP contribution is -2.36. The van der Waals surface area contributed by atoms with Crippen LogP contribution in [0.15, 0.2) is 67.0 Å². The minimum Gasteiger partial charge on any atom is -0.390 e. The van der Waals surface area contributed by atoms with E-state index in [0.29, 0.717) is 18.7 Å². The molecule has 132 valence electrons. The van der Waals surface area contributed by atoms with Crippen molar-refractivity contribution in [2.45, 2.75) is 25.1 Å². The van der Waals surface area contributed by atoms with Crippen molar-refractivity contribution in [1.29, 1.82) is 0 Å². The van der Waals surface area contributed by atoms with Gasteiger partial charge in [-0.05, 0) is 16.7 Å². The van der Waals surface area contributed by atoms with Crippen molar-refractivity contribution < 1.29 is 9.90 Å². The number of hydrogen-bond donors (Lipinski definition) is 3. The van der Waals surface area contributed by atoms with Crippen LogP contribution in [0.2, 0.25) is 0 Å². The van der Waals surface area contributed by atoms with Crippen molar-refractivity contribution in [3.63, 3.8) is 0 Å². The molecule has 2 aromatic carbocycles. The summed E-state index contributed by atoms with van der Waals surface area (Å²) in [4.78, 5) is 12.3. The van der Waals surface area contributed by atoms with Crippen LogP contribution < -0.4 is 10.6 Å². The van der Waals surface area contributed by atoms with E-state index in [1.165, 1.54) is 0 Å². The number of hydrogen-bond acceptors (Lipinski definition) is 3. The minimum absolute atomic E-state index is 0.356. The third kappa shape index (κ3) is 3.45. The fourth-order valence-corrected chi connectivity index (χ4v) is 3.34. The van der Waals surface area contributed by atoms with Gasteiger partial charge in [0.15, 0.2) is 0 Å². The lowest BCUT2D eigenvalue weighted by Gasteiger charge is -2.18. The van der Waals surface area contributed by atoms with Crippen LogP contribution >= 0.6 is 0 Å². The lowest BCUT2D eigenvalue weighted by molar-refractivity contribution is 0.144. The highest BCUT2D eigenvalue weighted by atomic mass is 16.3. The summed E-state index contributed by atoms with van der Waals surface area (Å²) < 4.78 is 1.77. The number of nitrogens with one attached hydrogen (secondary N) is 2. The summed E-state index contributed by atoms with van der Waals surface area (Å²) in [6.07, 6.45) is 3.34. The first-order valence-electron chi connectivity index (χ1n) is 8.59. The Balaban J connectivity index is 1.38. The molecule has 2 atom stereocenters. The van der Waals surface area contributed by atoms with Crippen molar-refractivity contribution in [1.82, 2.24) is 15.1 Å². The third-order valence-electron chi connectivity index (χ3n) is 4.57. The van der Waals surface area contributed by atoms with Gasteiger partial charge in [0, 0.05) is 12.6 Å². The van der Waals surface area contributed by atoms with Gasteiger partial charge in [0.2, 0.25) is 0 Å². The topological polar surface area (TPSA) is 79.2 Å². The summed E-state index contributed by atoms with van der Waals surface area (Å²) in [6.45, 7) is 0.638. The number of benzene rings is 2. The van der Waals surface area contributed by atoms with E-state index in [0.717, 1.165) is 16.7 Å². The maximum absolute atomic E-state index is 12.3. The molecule has 0 bridgehead atoms. The SMILES string of the molecule is O=C(Nc1cnn(Cc2ccccc2)c1)N[C@@H]1c2ccccc2C[C@@H]1O. The molecule has 1 heterocycles. The van der Waals surface area contributed by atoms with Gasteiger partial charge >= 0.3 is 6.03 Å². The minimum atomic E-state index is -0.612. The van der Waals surface area contributed by atoms with Gasteiger partial charge in [0.25, 0.3) is 0 Å². The van der Waals surface area contributed by atoms with Crippen molar-refractivity contribution in [2.75, 3.05) is 5.32 Å². The number of aromatic nitrogens is 2. The molecule has 26 heavy (non-hydrogen) atoms. The van der Waals surface area contributed by atoms with E-state index in [1.54, 1.807) is 17.1 Å². The Bertz CT molecular complexity index is 907. The molecule has 1 aliphatic carbocycles. The lowest BCUT2D eigenvalue weighted by atomic mass is 10.1. The summed E-state index contributed by atoms with van der Waals surface area (Å²) in [6, 6.07) is 17.0. The van der Waals surface area contributed by atoms with Crippen LogP contribution in [-0.2, 0) is 13.0 Å². The Labute approximate surface area is 151 Å². The number of nitrogens with zero attached hydrogens (tertiary/aromatic N) is 2. The van der Waals surface area contributed by atoms with Crippen molar-refractivity contribution in [2.24, 2.45) is 0 Å². The van der Waals surface area contributed by atoms with Gasteiger partial charge in [-0.2, -0.15) is 5.10 Å². The zero-order valence-corrected chi connectivity index (χ0v) is 14.2. The van der Waals surface area contributed by atoms with Gasteiger partial charge in [-0.1, -0.05) is 54.6 Å². The molecule has 0 fully saturated rings. The predicted molar refractivity (Wildman–Crippen MR) is 98.8 cm³/mol. The molecule has 3 N–H and O–H groups in total. The molecule has 0 unspecified atom stereocenters. The quantitative estimate of drug-likeness (QED) is 0.678. The summed E-state index contributed by atoms with van der Waals surface area (Å²) in [7, 11) is 0. The maximum Gasteiger partial charge on any atom is 0.319 e. The fraction of sp³-hybridized carbons (Fsp3) is 0.200. The average Bonchev–Trinajstić information content (AvgIpc) is 3.20. The number of amides is 2. The van der Waals surface area contributed by atoms with Crippen LogP contribution in [0.25, 0.3) is 0 Å². The van der Waals surface area contributed by atoms with Crippen molar-refractivity contribution in [3.8, 4) is 0 Å². The average molecular weight is 348 g/mol. The summed E-state index contributed by atoms with van der Waals surface area (Å²) in [5.41, 5.74) is 3.78. The van der Waals surface area contributed by atoms with Crippen LogP contribution in [-0.4, -0.2) is 27.0 Å². The Morgan fingerprint density at radius 2 is 1.92 bits per heavy atom. The Kier molecular flexibility index (Phi) is 4.41. The van der Waals surface area contributed by atoms with Crippen LogP contribution in [0, 0.1) is 0 Å². The fourth-order valence-electron chi connectivity index (χ4n) is 3.34. The first-order valence-corrected chi connectivity index (χ1v) is 8.59. The number of rotatable bonds is 4. The Morgan fingerprint density at radius 1 is 1.15 bits per heavy atom. The first-order chi connectivity index (χ1) is 12.7. The zero-order chi connectivity index (χ0) is 17.9. The maximum atomic E-state index is 12.3. The molecule has 0 saturated heterocycles. The van der Waals surface area contributed by atoms with E-state index in [-0.39, 0.29) is 6.03 Å². The number of fused-ring (bicyclic) bond motifs is 1. The van der Waals surface area contributed by atoms with Crippen LogP contribution in [0.5, 0.6) is 0 Å². The standard InChI is InChI=1S/C20H20N4O2/c25-18-10-15-8-4-5-9-17(15)19(18)23-20(26)22-16-11-21-24(13-16)12-14-6-2-1-3-7-14/h1-9,11,13,18-19,25H,10,12H2,(H2,22,23,26)/t18-,19+/m0/s1. The normalized spacial score (nSPS) is 18.3. The number of carbonyl (C=O) groups excluding carboxylic acids is 1. The Morgan fingerprint density at radius 3 is 2.77 bits per heavy atom. The van der Waals surface area contributed by atoms with E-state index in [9.17, 15) is 9.90 Å². The summed E-state index contributed by atoms with van der Waals surface area (Å²) in [5.74, 6) is 0. The molecule has 0 radical (unpaired) electrons. The Hall–Kier alpha value is -3.12. The summed E-state index contributed by atoms with van der Waals surface area (Å²) >= 11 is 0. The van der Waals surface area contributed by atoms with E-state index in [2.05, 4.69) is 15.7 Å². The van der Waals surface area contributed by atoms with E-state index in [1.807, 2.05) is 54.6 Å². The van der Waals surface area contributed by atoms with E-state index in [4.69, 9.17) is 0 Å². The monoisotopic (exact) mass is 348 g/mol. The second kappa shape index (κ2) is 7.01. The van der Waals surface area contributed by atoms with Crippen molar-refractivity contribution in [3.05, 3.63) is 83.7 Å². The van der Waals surface area contributed by atoms with Gasteiger partial charge < -0.3 is 15.7 Å². The number of aliphatic hydroxyl groups is 1. The summed E-state index contributed by atoms with van der Waals surface area (Å²) in [5, 5.41) is 20.1. The molecule has 0 aliphatic heterocycles. The van der Waals surface area contributed by atoms with Crippen LogP contribution in [0.1, 0.15) is 22.7 Å². The van der Waals surface area contributed by atoms with E-state index >= 15 is 0 Å². The zero-order valence-electron chi connectivity index (χ0n) is 14.2. The number of anilines is 1. The second-order valence-electron chi connectivity index (χ2n) is 6.46. The highest BCUT2D eigenvalue weighted by molar-refractivity contribution is 5.89. The molecule has 0 spiro atoms. The number of carbonyl (C=O) groups is 1. The van der Waals surface area contributed by atoms with Crippen LogP contribution in [0.4, 0.5) is 10.5 Å². The van der Waals surface area contributed by atoms with Gasteiger partial charge in [-0.3, -0.25) is 4.68 Å². The number of aliphatic hydroxyl groups excluding tert-OH is 1. The molecule has 1 aromatic heterocycles. The van der Waals surface area contributed by atoms with E-state index < -0.39 is 12.1 Å².